The van der Waals surface area contributed by atoms with Crippen LogP contribution in [0.3, 0.4) is 0 Å². The Hall–Kier alpha value is -9.02. The van der Waals surface area contributed by atoms with E-state index in [0.29, 0.717) is 0 Å². The molecule has 10 aromatic heterocycles. The minimum Gasteiger partial charge on any atom is -0.252 e. The Morgan fingerprint density at radius 3 is 1.37 bits per heavy atom. The highest BCUT2D eigenvalue weighted by Gasteiger charge is 2.35. The van der Waals surface area contributed by atoms with Gasteiger partial charge in [-0.25, -0.2) is 18.3 Å². The van der Waals surface area contributed by atoms with Crippen molar-refractivity contribution in [1.82, 2.24) is 27.6 Å². The quantitative estimate of drug-likeness (QED) is 0.142. The maximum absolute atomic E-state index is 5.15. The number of imidazole rings is 4. The fourth-order valence-corrected chi connectivity index (χ4v) is 15.3. The molecule has 15 rings (SSSR count). The van der Waals surface area contributed by atoms with Crippen molar-refractivity contribution in [2.45, 2.75) is 213 Å². The highest BCUT2D eigenvalue weighted by Crippen LogP contribution is 2.39. The summed E-state index contributed by atoms with van der Waals surface area (Å²) in [5, 5.41) is 7.89. The summed E-state index contributed by atoms with van der Waals surface area (Å²) in [6.07, 6.45) is 4.53. The molecule has 5 aromatic carbocycles. The van der Waals surface area contributed by atoms with Gasteiger partial charge >= 0.3 is 0 Å². The number of fused-ring (bicyclic) bond motifs is 18. The van der Waals surface area contributed by atoms with Crippen molar-refractivity contribution in [3.63, 3.8) is 0 Å². The molecule has 0 amide bonds. The molecule has 10 heteroatoms. The summed E-state index contributed by atoms with van der Waals surface area (Å²) in [5.41, 5.74) is 33.4. The van der Waals surface area contributed by atoms with Crippen LogP contribution in [0.1, 0.15) is 203 Å². The van der Waals surface area contributed by atoms with Crippen LogP contribution in [0, 0.1) is 55.4 Å². The molecule has 0 unspecified atom stereocenters. The second-order valence-corrected chi connectivity index (χ2v) is 35.4. The summed E-state index contributed by atoms with van der Waals surface area (Å²) in [6.45, 7) is 58.5. The van der Waals surface area contributed by atoms with Gasteiger partial charge in [-0.15, -0.1) is 0 Å². The third kappa shape index (κ3) is 12.0. The van der Waals surface area contributed by atoms with E-state index in [1.54, 1.807) is 0 Å². The average Bonchev–Trinajstić information content (AvgIpc) is 1.53. The zero-order valence-electron chi connectivity index (χ0n) is 66.2. The largest absolute Gasteiger partial charge is 0.297 e. The van der Waals surface area contributed by atoms with Crippen LogP contribution in [0.4, 0.5) is 0 Å². The van der Waals surface area contributed by atoms with Crippen molar-refractivity contribution >= 4 is 99.0 Å². The zero-order valence-corrected chi connectivity index (χ0v) is 66.2. The number of aromatic nitrogens is 10. The van der Waals surface area contributed by atoms with Crippen molar-refractivity contribution in [1.29, 1.82) is 0 Å². The molecule has 518 valence electrons. The van der Waals surface area contributed by atoms with E-state index < -0.39 is 0 Å². The molecule has 10 nitrogen and oxygen atoms in total. The van der Waals surface area contributed by atoms with Crippen LogP contribution in [0.15, 0.2) is 134 Å². The predicted octanol–water partition coefficient (Wildman–Crippen LogP) is 20.2. The van der Waals surface area contributed by atoms with Gasteiger partial charge in [0.25, 0.3) is 22.6 Å². The van der Waals surface area contributed by atoms with Crippen LogP contribution in [-0.2, 0) is 60.7 Å². The van der Waals surface area contributed by atoms with Gasteiger partial charge in [0.1, 0.15) is 29.0 Å². The maximum atomic E-state index is 5.15. The molecule has 0 spiro atoms. The zero-order chi connectivity index (χ0) is 73.1. The molecule has 0 aliphatic carbocycles. The molecule has 0 aliphatic heterocycles. The van der Waals surface area contributed by atoms with E-state index in [0.717, 1.165) is 22.4 Å². The lowest BCUT2D eigenvalue weighted by Crippen LogP contribution is -2.30. The maximum Gasteiger partial charge on any atom is 0.297 e. The number of hydrogen-bond acceptors (Lipinski definition) is 2. The monoisotopic (exact) mass is 1330 g/mol. The lowest BCUT2D eigenvalue weighted by atomic mass is 9.84. The first-order chi connectivity index (χ1) is 46.4. The number of rotatable bonds is 0. The summed E-state index contributed by atoms with van der Waals surface area (Å²) >= 11 is 0. The van der Waals surface area contributed by atoms with E-state index in [9.17, 15) is 0 Å². The van der Waals surface area contributed by atoms with Crippen molar-refractivity contribution in [2.24, 2.45) is 28.2 Å². The first-order valence-corrected chi connectivity index (χ1v) is 36.2. The molecule has 0 saturated carbocycles. The van der Waals surface area contributed by atoms with Gasteiger partial charge in [0.2, 0.25) is 0 Å². The number of para-hydroxylation sites is 2. The molecular formula is C90H112N10+4. The number of pyridine rings is 6. The Morgan fingerprint density at radius 2 is 0.830 bits per heavy atom. The third-order valence-electron chi connectivity index (χ3n) is 21.5. The molecule has 100 heavy (non-hydrogen) atoms. The van der Waals surface area contributed by atoms with Crippen LogP contribution >= 0.6 is 0 Å². The summed E-state index contributed by atoms with van der Waals surface area (Å²) in [5.74, 6) is 0. The topological polar surface area (TPSA) is 58.9 Å². The molecule has 15 aromatic rings. The fourth-order valence-electron chi connectivity index (χ4n) is 15.3. The molecule has 0 fully saturated rings. The van der Waals surface area contributed by atoms with Crippen LogP contribution < -0.4 is 18.3 Å². The lowest BCUT2D eigenvalue weighted by Gasteiger charge is -2.21. The van der Waals surface area contributed by atoms with E-state index in [1.165, 1.54) is 155 Å². The van der Waals surface area contributed by atoms with Crippen molar-refractivity contribution in [3.05, 3.63) is 212 Å². The Kier molecular flexibility index (Phi) is 17.3. The molecule has 10 heterocycles. The summed E-state index contributed by atoms with van der Waals surface area (Å²) in [7, 11) is 8.69. The SMILES string of the molecule is Cc1cc(C(C)(C)C)nc2cc(C(C)(C)C)n3c4ccccc4[n+](C)c3c12.Cc1cc2c(cc1C)[n+](C)c1c3c(C)cc(C(C)(C)C)nc3cc(C(C)(C)C)n21.Cc1cccc2c(C(C)(C)C)cn3c(C)c(C)[n+](C)c3c12.Cc1cccc2ccn3c4cc(C(C)(C)C)ccc4[n+](C)c3c12. The fraction of sp³-hybridized carbons (Fsp3) is 0.400. The van der Waals surface area contributed by atoms with Crippen molar-refractivity contribution < 1.29 is 18.3 Å². The summed E-state index contributed by atoms with van der Waals surface area (Å²) in [4.78, 5) is 10.3. The van der Waals surface area contributed by atoms with E-state index in [4.69, 9.17) is 9.97 Å². The molecule has 0 atom stereocenters. The van der Waals surface area contributed by atoms with Gasteiger partial charge in [0.05, 0.1) is 67.0 Å². The highest BCUT2D eigenvalue weighted by atomic mass is 15.1. The summed E-state index contributed by atoms with van der Waals surface area (Å²) in [6, 6.07) is 44.7. The molecule has 0 saturated heterocycles. The van der Waals surface area contributed by atoms with Gasteiger partial charge in [-0.05, 0) is 157 Å². The molecule has 0 radical (unpaired) electrons. The highest BCUT2D eigenvalue weighted by molar-refractivity contribution is 6.01. The number of hydrogen-bond donors (Lipinski definition) is 0. The van der Waals surface area contributed by atoms with Crippen LogP contribution in [0.2, 0.25) is 0 Å². The van der Waals surface area contributed by atoms with Gasteiger partial charge in [-0.2, -0.15) is 17.6 Å². The smallest absolute Gasteiger partial charge is 0.252 e. The molecule has 0 aliphatic rings. The van der Waals surface area contributed by atoms with E-state index in [-0.39, 0.29) is 32.5 Å². The number of benzene rings is 5. The molecule has 0 bridgehead atoms. The Bertz CT molecular complexity index is 5850. The Balaban J connectivity index is 0.000000127. The van der Waals surface area contributed by atoms with E-state index in [1.807, 2.05) is 0 Å². The molecular weight excluding hydrogens is 1220 g/mol. The van der Waals surface area contributed by atoms with E-state index in [2.05, 4.69) is 378 Å². The van der Waals surface area contributed by atoms with Gasteiger partial charge in [0.15, 0.2) is 33.1 Å². The van der Waals surface area contributed by atoms with Crippen LogP contribution in [0.25, 0.3) is 99.0 Å². The Morgan fingerprint density at radius 1 is 0.340 bits per heavy atom. The lowest BCUT2D eigenvalue weighted by molar-refractivity contribution is -0.650. The molecule has 0 N–H and O–H groups in total. The normalized spacial score (nSPS) is 12.9. The van der Waals surface area contributed by atoms with Gasteiger partial charge in [0, 0.05) is 64.6 Å². The minimum atomic E-state index is -0.00248. The second-order valence-electron chi connectivity index (χ2n) is 35.4. The van der Waals surface area contributed by atoms with Crippen molar-refractivity contribution in [2.75, 3.05) is 0 Å². The second kappa shape index (κ2) is 24.4. The van der Waals surface area contributed by atoms with Crippen LogP contribution in [-0.4, -0.2) is 27.6 Å². The van der Waals surface area contributed by atoms with Crippen molar-refractivity contribution in [3.8, 4) is 0 Å². The standard InChI is InChI=1S/C26H34N3.C24H30N3.C21H23N2.C19H25N2/c1-15-11-19-20(12-16(15)2)29-22(26(7,8)9)14-18-23(24(29)28(19)10)17(3)13-21(27-18)25(4,5)6;1-15-13-19(23(2,3)4)25-16-14-20(24(5,6)7)27-18-12-10-9-11-17(18)26(8)22(27)21(15)16;1-14-7-6-8-15-11-12-23-18-13-16(21(2,3)4)9-10-17(18)22(5)20(23)19(14)15;1-12-9-8-10-15-16(19(4,5)6)11-21-14(3)13(2)20(7)18(21)17(12)15/h11-14H,1-10H3;9-14H,1-8H3;6-13H,1-5H3;8-11H,1-7H3/q4*+1. The number of nitrogens with zero attached hydrogens (tertiary/aromatic N) is 10. The predicted molar refractivity (Wildman–Crippen MR) is 423 cm³/mol. The first-order valence-electron chi connectivity index (χ1n) is 36.2. The van der Waals surface area contributed by atoms with Gasteiger partial charge < -0.3 is 0 Å². The number of aryl methyl sites for hydroxylation is 11. The first kappa shape index (κ1) is 70.8. The third-order valence-corrected chi connectivity index (χ3v) is 21.5. The Labute approximate surface area is 594 Å². The average molecular weight is 1330 g/mol. The summed E-state index contributed by atoms with van der Waals surface area (Å²) < 4.78 is 18.9. The van der Waals surface area contributed by atoms with E-state index >= 15 is 0 Å². The van der Waals surface area contributed by atoms with Crippen LogP contribution in [0.5, 0.6) is 0 Å². The minimum absolute atomic E-state index is 0.00248. The van der Waals surface area contributed by atoms with Gasteiger partial charge in [-0.3, -0.25) is 9.97 Å². The van der Waals surface area contributed by atoms with Gasteiger partial charge in [-0.1, -0.05) is 179 Å².